The molecule has 4 aromatic rings. The lowest BCUT2D eigenvalue weighted by molar-refractivity contribution is -0.143. The Morgan fingerprint density at radius 1 is 0.519 bits per heavy atom. The van der Waals surface area contributed by atoms with Crippen LogP contribution < -0.4 is 0 Å². The summed E-state index contributed by atoms with van der Waals surface area (Å²) in [6, 6.07) is 25.8. The first kappa shape index (κ1) is 32.9. The van der Waals surface area contributed by atoms with Crippen molar-refractivity contribution in [2.24, 2.45) is 34.5 Å². The van der Waals surface area contributed by atoms with Crippen LogP contribution in [0, 0.1) is 34.5 Å². The highest BCUT2D eigenvalue weighted by atomic mass is 16.2. The van der Waals surface area contributed by atoms with Crippen molar-refractivity contribution in [1.29, 1.82) is 0 Å². The summed E-state index contributed by atoms with van der Waals surface area (Å²) in [7, 11) is 0. The predicted octanol–water partition coefficient (Wildman–Crippen LogP) is 10.2. The van der Waals surface area contributed by atoms with Crippen LogP contribution >= 0.6 is 0 Å². The number of rotatable bonds is 4. The van der Waals surface area contributed by atoms with Crippen molar-refractivity contribution in [1.82, 2.24) is 0 Å². The summed E-state index contributed by atoms with van der Waals surface area (Å²) >= 11 is 0. The molecule has 0 spiro atoms. The maximum atomic E-state index is 12.7. The number of carbonyl (C=O) groups is 4. The molecule has 0 saturated heterocycles. The predicted molar refractivity (Wildman–Crippen MR) is 208 cm³/mol. The molecule has 4 nitrogen and oxygen atoms in total. The Morgan fingerprint density at radius 3 is 1.29 bits per heavy atom. The minimum atomic E-state index is -0.836. The summed E-state index contributed by atoms with van der Waals surface area (Å²) in [5.74, 6) is 1.44. The molecule has 6 atom stereocenters. The molecular weight excluding hydrogens is 641 g/mol. The van der Waals surface area contributed by atoms with Gasteiger partial charge in [-0.05, 0) is 121 Å². The van der Waals surface area contributed by atoms with Crippen LogP contribution in [-0.2, 0) is 19.2 Å². The van der Waals surface area contributed by atoms with Crippen molar-refractivity contribution in [3.8, 4) is 0 Å². The van der Waals surface area contributed by atoms with Gasteiger partial charge in [0, 0.05) is 11.8 Å². The largest absolute Gasteiger partial charge is 0.299 e. The molecule has 0 aliphatic heterocycles. The van der Waals surface area contributed by atoms with Crippen molar-refractivity contribution >= 4 is 56.8 Å². The van der Waals surface area contributed by atoms with E-state index in [1.807, 2.05) is 0 Å². The maximum Gasteiger partial charge on any atom is 0.143 e. The van der Waals surface area contributed by atoms with E-state index in [0.29, 0.717) is 12.8 Å². The van der Waals surface area contributed by atoms with Gasteiger partial charge in [0.25, 0.3) is 0 Å². The number of fused-ring (bicyclic) bond motifs is 8. The Labute approximate surface area is 305 Å². The van der Waals surface area contributed by atoms with Crippen molar-refractivity contribution in [3.05, 3.63) is 131 Å². The molecule has 4 aromatic carbocycles. The fraction of sp³-hybridized carbons (Fsp3) is 0.333. The molecule has 6 aliphatic rings. The van der Waals surface area contributed by atoms with Gasteiger partial charge >= 0.3 is 0 Å². The zero-order chi connectivity index (χ0) is 36.1. The monoisotopic (exact) mass is 684 g/mol. The molecule has 0 radical (unpaired) electrons. The first-order valence-corrected chi connectivity index (χ1v) is 18.9. The van der Waals surface area contributed by atoms with Crippen LogP contribution in [0.4, 0.5) is 0 Å². The van der Waals surface area contributed by atoms with E-state index in [4.69, 9.17) is 0 Å². The van der Waals surface area contributed by atoms with Gasteiger partial charge in [0.1, 0.15) is 23.1 Å². The minimum absolute atomic E-state index is 0.0354. The number of ketones is 4. The number of Topliss-reactive ketones (excluding diaryl/α,β-unsaturated/α-hetero) is 4. The molecule has 2 saturated carbocycles. The molecule has 10 rings (SSSR count). The molecule has 0 heterocycles. The molecule has 0 aromatic heterocycles. The lowest BCUT2D eigenvalue weighted by Gasteiger charge is -2.39. The Bertz CT molecular complexity index is 2190. The SMILES string of the molecule is CC(=O)C1(C(C)=O)CC2=Cc3c(ccc4ccccc34)[C@@H]3C=CC[C@H]1[C@H]23.CC(=O)C1(C(C)=O)CC2=Cc3c(ccc4ccccc34)[C@H]3C=CC[C@@H]1[C@@H]23. The highest BCUT2D eigenvalue weighted by Gasteiger charge is 2.61. The average molecular weight is 685 g/mol. The number of benzene rings is 4. The minimum Gasteiger partial charge on any atom is -0.299 e. The van der Waals surface area contributed by atoms with E-state index in [9.17, 15) is 19.2 Å². The topological polar surface area (TPSA) is 68.3 Å². The fourth-order valence-electron chi connectivity index (χ4n) is 11.7. The number of allylic oxidation sites excluding steroid dienone is 6. The summed E-state index contributed by atoms with van der Waals surface area (Å²) in [6.45, 7) is 6.43. The zero-order valence-electron chi connectivity index (χ0n) is 30.3. The summed E-state index contributed by atoms with van der Waals surface area (Å²) < 4.78 is 0. The number of carbonyl (C=O) groups excluding carboxylic acids is 4. The van der Waals surface area contributed by atoms with E-state index in [1.165, 1.54) is 54.9 Å². The van der Waals surface area contributed by atoms with Gasteiger partial charge < -0.3 is 0 Å². The van der Waals surface area contributed by atoms with Gasteiger partial charge in [-0.15, -0.1) is 0 Å². The molecule has 52 heavy (non-hydrogen) atoms. The second-order valence-electron chi connectivity index (χ2n) is 16.2. The third kappa shape index (κ3) is 4.39. The van der Waals surface area contributed by atoms with Crippen molar-refractivity contribution in [2.45, 2.75) is 65.2 Å². The van der Waals surface area contributed by atoms with Gasteiger partial charge in [0.15, 0.2) is 0 Å². The summed E-state index contributed by atoms with van der Waals surface area (Å²) in [4.78, 5) is 50.7. The zero-order valence-corrected chi connectivity index (χ0v) is 30.3. The molecule has 6 aliphatic carbocycles. The number of hydrogen-bond donors (Lipinski definition) is 0. The highest BCUT2D eigenvalue weighted by Crippen LogP contribution is 2.63. The third-order valence-electron chi connectivity index (χ3n) is 14.1. The molecule has 0 amide bonds. The van der Waals surface area contributed by atoms with E-state index in [-0.39, 0.29) is 58.6 Å². The summed E-state index contributed by atoms with van der Waals surface area (Å²) in [5.41, 5.74) is 6.12. The van der Waals surface area contributed by atoms with Crippen molar-refractivity contribution < 1.29 is 19.2 Å². The van der Waals surface area contributed by atoms with Crippen LogP contribution in [0.3, 0.4) is 0 Å². The Morgan fingerprint density at radius 2 is 0.904 bits per heavy atom. The van der Waals surface area contributed by atoms with E-state index < -0.39 is 10.8 Å². The molecule has 260 valence electrons. The van der Waals surface area contributed by atoms with Crippen LogP contribution in [0.25, 0.3) is 33.7 Å². The first-order valence-electron chi connectivity index (χ1n) is 18.9. The standard InChI is InChI=1S/2C24H22O2/c2*1-14(25)24(15(2)26)13-17-12-21-18-7-4-3-6-16(18)10-11-19(21)20-8-5-9-22(24)23(17)20/h2*3-8,10-12,20,22-23H,9,13H2,1-2H3/t2*20-,22-,23+/m10/s1. The second-order valence-corrected chi connectivity index (χ2v) is 16.2. The average Bonchev–Trinajstić information content (AvgIpc) is 3.68. The second kappa shape index (κ2) is 11.8. The molecule has 0 unspecified atom stereocenters. The number of hydrogen-bond acceptors (Lipinski definition) is 4. The van der Waals surface area contributed by atoms with Crippen molar-refractivity contribution in [3.63, 3.8) is 0 Å². The van der Waals surface area contributed by atoms with E-state index in [0.717, 1.165) is 12.8 Å². The Hall–Kier alpha value is -4.96. The maximum absolute atomic E-state index is 12.7. The lowest BCUT2D eigenvalue weighted by Crippen LogP contribution is -2.42. The molecule has 0 bridgehead atoms. The van der Waals surface area contributed by atoms with Gasteiger partial charge in [-0.2, -0.15) is 0 Å². The summed E-state index contributed by atoms with van der Waals surface area (Å²) in [5, 5.41) is 4.99. The van der Waals surface area contributed by atoms with Crippen LogP contribution in [0.5, 0.6) is 0 Å². The van der Waals surface area contributed by atoms with E-state index >= 15 is 0 Å². The van der Waals surface area contributed by atoms with Gasteiger partial charge in [-0.3, -0.25) is 19.2 Å². The quantitative estimate of drug-likeness (QED) is 0.159. The summed E-state index contributed by atoms with van der Waals surface area (Å²) in [6.07, 6.45) is 16.4. The molecule has 4 heteroatoms. The fourth-order valence-corrected chi connectivity index (χ4v) is 11.7. The van der Waals surface area contributed by atoms with E-state index in [1.54, 1.807) is 27.7 Å². The lowest BCUT2D eigenvalue weighted by atomic mass is 9.63. The Balaban J connectivity index is 0.000000138. The van der Waals surface area contributed by atoms with Crippen molar-refractivity contribution in [2.75, 3.05) is 0 Å². The first-order chi connectivity index (χ1) is 25.1. The third-order valence-corrected chi connectivity index (χ3v) is 14.1. The van der Waals surface area contributed by atoms with Crippen LogP contribution in [0.2, 0.25) is 0 Å². The van der Waals surface area contributed by atoms with Crippen LogP contribution in [-0.4, -0.2) is 23.1 Å². The van der Waals surface area contributed by atoms with Gasteiger partial charge in [0.05, 0.1) is 10.8 Å². The smallest absolute Gasteiger partial charge is 0.143 e. The highest BCUT2D eigenvalue weighted by molar-refractivity contribution is 6.08. The van der Waals surface area contributed by atoms with Crippen LogP contribution in [0.15, 0.2) is 108 Å². The van der Waals surface area contributed by atoms with Gasteiger partial charge in [0.2, 0.25) is 0 Å². The Kier molecular flexibility index (Phi) is 7.46. The molecule has 2 fully saturated rings. The van der Waals surface area contributed by atoms with Crippen LogP contribution in [0.1, 0.15) is 87.5 Å². The molecular formula is C48H44O4. The van der Waals surface area contributed by atoms with Gasteiger partial charge in [-0.1, -0.05) is 120 Å². The van der Waals surface area contributed by atoms with E-state index in [2.05, 4.69) is 109 Å². The van der Waals surface area contributed by atoms with Gasteiger partial charge in [-0.25, -0.2) is 0 Å². The normalized spacial score (nSPS) is 27.6. The molecule has 0 N–H and O–H groups in total.